The zero-order chi connectivity index (χ0) is 12.5. The summed E-state index contributed by atoms with van der Waals surface area (Å²) in [6.07, 6.45) is 6.27. The summed E-state index contributed by atoms with van der Waals surface area (Å²) in [5.74, 6) is 1.69. The summed E-state index contributed by atoms with van der Waals surface area (Å²) in [4.78, 5) is 0. The van der Waals surface area contributed by atoms with E-state index in [1.807, 2.05) is 0 Å². The van der Waals surface area contributed by atoms with Gasteiger partial charge in [-0.1, -0.05) is 6.07 Å². The number of ether oxygens (including phenoxy) is 1. The van der Waals surface area contributed by atoms with Crippen LogP contribution >= 0.6 is 15.9 Å². The quantitative estimate of drug-likeness (QED) is 0.904. The lowest BCUT2D eigenvalue weighted by Crippen LogP contribution is -2.12. The molecular formula is C15H20BrNO. The van der Waals surface area contributed by atoms with Crippen molar-refractivity contribution >= 4 is 15.9 Å². The lowest BCUT2D eigenvalue weighted by atomic mass is 9.86. The Hall–Kier alpha value is -0.540. The van der Waals surface area contributed by atoms with Gasteiger partial charge in [-0.25, -0.2) is 0 Å². The highest BCUT2D eigenvalue weighted by Crippen LogP contribution is 2.42. The van der Waals surface area contributed by atoms with Gasteiger partial charge in [0, 0.05) is 12.5 Å². The number of rotatable bonds is 2. The summed E-state index contributed by atoms with van der Waals surface area (Å²) in [6.45, 7) is 2.21. The Kier molecular flexibility index (Phi) is 3.62. The first-order chi connectivity index (χ1) is 8.81. The van der Waals surface area contributed by atoms with Gasteiger partial charge in [-0.15, -0.1) is 0 Å². The monoisotopic (exact) mass is 309 g/mol. The largest absolute Gasteiger partial charge is 0.495 e. The fourth-order valence-corrected chi connectivity index (χ4v) is 4.13. The van der Waals surface area contributed by atoms with Gasteiger partial charge in [-0.2, -0.15) is 0 Å². The Morgan fingerprint density at radius 1 is 1.33 bits per heavy atom. The highest BCUT2D eigenvalue weighted by molar-refractivity contribution is 9.10. The summed E-state index contributed by atoms with van der Waals surface area (Å²) < 4.78 is 6.89. The van der Waals surface area contributed by atoms with E-state index in [0.29, 0.717) is 5.92 Å². The molecule has 1 aromatic rings. The standard InChI is InChI=1S/C15H20BrNO/c1-18-15-13(11-6-7-17-9-11)8-10-4-2-3-5-12(10)14(15)16/h8,11,17H,2-7,9H2,1H3. The third-order valence-electron chi connectivity index (χ3n) is 4.27. The first-order valence-corrected chi connectivity index (χ1v) is 7.69. The van der Waals surface area contributed by atoms with Crippen molar-refractivity contribution in [3.8, 4) is 5.75 Å². The second kappa shape index (κ2) is 5.22. The van der Waals surface area contributed by atoms with Crippen molar-refractivity contribution in [1.29, 1.82) is 0 Å². The molecule has 2 aliphatic rings. The van der Waals surface area contributed by atoms with E-state index in [0.717, 1.165) is 18.8 Å². The summed E-state index contributed by atoms with van der Waals surface area (Å²) in [5.41, 5.74) is 4.42. The van der Waals surface area contributed by atoms with Crippen molar-refractivity contribution in [2.24, 2.45) is 0 Å². The topological polar surface area (TPSA) is 21.3 Å². The first-order valence-electron chi connectivity index (χ1n) is 6.90. The average Bonchev–Trinajstić information content (AvgIpc) is 2.92. The van der Waals surface area contributed by atoms with Crippen molar-refractivity contribution in [2.45, 2.75) is 38.0 Å². The van der Waals surface area contributed by atoms with E-state index in [1.54, 1.807) is 7.11 Å². The molecule has 2 nitrogen and oxygen atoms in total. The fourth-order valence-electron chi connectivity index (χ4n) is 3.29. The minimum absolute atomic E-state index is 0.614. The number of nitrogens with one attached hydrogen (secondary N) is 1. The van der Waals surface area contributed by atoms with E-state index in [4.69, 9.17) is 4.74 Å². The van der Waals surface area contributed by atoms with E-state index in [9.17, 15) is 0 Å². The van der Waals surface area contributed by atoms with Crippen molar-refractivity contribution in [2.75, 3.05) is 20.2 Å². The Morgan fingerprint density at radius 2 is 2.17 bits per heavy atom. The highest BCUT2D eigenvalue weighted by Gasteiger charge is 2.25. The molecule has 1 aliphatic heterocycles. The molecule has 98 valence electrons. The van der Waals surface area contributed by atoms with Gasteiger partial charge in [0.05, 0.1) is 11.6 Å². The van der Waals surface area contributed by atoms with Crippen molar-refractivity contribution in [3.05, 3.63) is 27.2 Å². The molecule has 1 aromatic carbocycles. The molecule has 0 spiro atoms. The molecule has 0 saturated carbocycles. The molecule has 18 heavy (non-hydrogen) atoms. The molecule has 1 unspecified atom stereocenters. The number of hydrogen-bond acceptors (Lipinski definition) is 2. The molecule has 0 bridgehead atoms. The molecule has 1 atom stereocenters. The second-order valence-electron chi connectivity index (χ2n) is 5.35. The number of hydrogen-bond donors (Lipinski definition) is 1. The number of aryl methyl sites for hydroxylation is 1. The van der Waals surface area contributed by atoms with Gasteiger partial charge in [0.15, 0.2) is 0 Å². The van der Waals surface area contributed by atoms with Crippen LogP contribution in [0.4, 0.5) is 0 Å². The SMILES string of the molecule is COc1c(C2CCNC2)cc2c(c1Br)CCCC2. The van der Waals surface area contributed by atoms with Crippen LogP contribution in [0.25, 0.3) is 0 Å². The summed E-state index contributed by atoms with van der Waals surface area (Å²) in [5, 5.41) is 3.45. The van der Waals surface area contributed by atoms with Crippen LogP contribution < -0.4 is 10.1 Å². The van der Waals surface area contributed by atoms with Crippen LogP contribution in [0, 0.1) is 0 Å². The fraction of sp³-hybridized carbons (Fsp3) is 0.600. The average molecular weight is 310 g/mol. The number of halogens is 1. The third-order valence-corrected chi connectivity index (χ3v) is 5.11. The van der Waals surface area contributed by atoms with E-state index in [2.05, 4.69) is 27.3 Å². The van der Waals surface area contributed by atoms with Crippen LogP contribution in [0.15, 0.2) is 10.5 Å². The van der Waals surface area contributed by atoms with Gasteiger partial charge in [0.2, 0.25) is 0 Å². The maximum absolute atomic E-state index is 5.68. The Morgan fingerprint density at radius 3 is 2.89 bits per heavy atom. The molecule has 0 radical (unpaired) electrons. The van der Waals surface area contributed by atoms with Crippen LogP contribution in [0.1, 0.15) is 41.9 Å². The van der Waals surface area contributed by atoms with Crippen LogP contribution in [0.5, 0.6) is 5.75 Å². The smallest absolute Gasteiger partial charge is 0.136 e. The van der Waals surface area contributed by atoms with Gasteiger partial charge >= 0.3 is 0 Å². The maximum Gasteiger partial charge on any atom is 0.136 e. The Bertz CT molecular complexity index is 452. The van der Waals surface area contributed by atoms with Crippen LogP contribution in [0.2, 0.25) is 0 Å². The predicted molar refractivity (Wildman–Crippen MR) is 77.6 cm³/mol. The van der Waals surface area contributed by atoms with Crippen molar-refractivity contribution < 1.29 is 4.74 Å². The van der Waals surface area contributed by atoms with Gasteiger partial charge in [0.1, 0.15) is 5.75 Å². The van der Waals surface area contributed by atoms with Crippen molar-refractivity contribution in [1.82, 2.24) is 5.32 Å². The number of benzene rings is 1. The number of methoxy groups -OCH3 is 1. The van der Waals surface area contributed by atoms with E-state index in [-0.39, 0.29) is 0 Å². The van der Waals surface area contributed by atoms with Crippen LogP contribution in [-0.2, 0) is 12.8 Å². The lowest BCUT2D eigenvalue weighted by Gasteiger charge is -2.23. The Labute approximate surface area is 117 Å². The molecule has 1 fully saturated rings. The molecule has 1 saturated heterocycles. The molecule has 0 aromatic heterocycles. The van der Waals surface area contributed by atoms with E-state index >= 15 is 0 Å². The van der Waals surface area contributed by atoms with Gasteiger partial charge < -0.3 is 10.1 Å². The third kappa shape index (κ3) is 2.08. The maximum atomic E-state index is 5.68. The van der Waals surface area contributed by atoms with Crippen LogP contribution in [0.3, 0.4) is 0 Å². The van der Waals surface area contributed by atoms with E-state index in [1.165, 1.54) is 53.3 Å². The van der Waals surface area contributed by atoms with Gasteiger partial charge in [0.25, 0.3) is 0 Å². The predicted octanol–water partition coefficient (Wildman–Crippen LogP) is 3.41. The summed E-state index contributed by atoms with van der Waals surface area (Å²) in [7, 11) is 1.79. The molecule has 3 rings (SSSR count). The summed E-state index contributed by atoms with van der Waals surface area (Å²) in [6, 6.07) is 2.41. The van der Waals surface area contributed by atoms with Gasteiger partial charge in [-0.3, -0.25) is 0 Å². The molecule has 1 heterocycles. The van der Waals surface area contributed by atoms with Gasteiger partial charge in [-0.05, 0) is 71.3 Å². The normalized spacial score (nSPS) is 22.9. The molecule has 1 aliphatic carbocycles. The zero-order valence-corrected chi connectivity index (χ0v) is 12.5. The second-order valence-corrected chi connectivity index (χ2v) is 6.14. The number of fused-ring (bicyclic) bond motifs is 1. The zero-order valence-electron chi connectivity index (χ0n) is 10.9. The molecular weight excluding hydrogens is 290 g/mol. The van der Waals surface area contributed by atoms with Crippen molar-refractivity contribution in [3.63, 3.8) is 0 Å². The highest BCUT2D eigenvalue weighted by atomic mass is 79.9. The minimum Gasteiger partial charge on any atom is -0.495 e. The first kappa shape index (κ1) is 12.5. The Balaban J connectivity index is 2.09. The van der Waals surface area contributed by atoms with E-state index < -0.39 is 0 Å². The summed E-state index contributed by atoms with van der Waals surface area (Å²) >= 11 is 3.78. The molecule has 3 heteroatoms. The minimum atomic E-state index is 0.614. The van der Waals surface area contributed by atoms with Crippen LogP contribution in [-0.4, -0.2) is 20.2 Å². The lowest BCUT2D eigenvalue weighted by molar-refractivity contribution is 0.402. The molecule has 1 N–H and O–H groups in total. The molecule has 0 amide bonds.